The van der Waals surface area contributed by atoms with Crippen LogP contribution >= 0.6 is 11.8 Å². The van der Waals surface area contributed by atoms with Gasteiger partial charge in [0.25, 0.3) is 0 Å². The molecule has 1 saturated heterocycles. The first-order chi connectivity index (χ1) is 14.3. The van der Waals surface area contributed by atoms with Gasteiger partial charge in [0.15, 0.2) is 12.0 Å². The van der Waals surface area contributed by atoms with E-state index in [1.807, 2.05) is 0 Å². The highest BCUT2D eigenvalue weighted by Crippen LogP contribution is 2.34. The van der Waals surface area contributed by atoms with Crippen LogP contribution in [-0.2, 0) is 9.53 Å². The molecule has 0 spiro atoms. The molecule has 11 heteroatoms. The van der Waals surface area contributed by atoms with Crippen molar-refractivity contribution in [3.05, 3.63) is 18.6 Å². The lowest BCUT2D eigenvalue weighted by Gasteiger charge is -2.17. The third-order valence-corrected chi connectivity index (χ3v) is 6.04. The first kappa shape index (κ1) is 22.8. The van der Waals surface area contributed by atoms with Crippen molar-refractivity contribution in [3.8, 4) is 0 Å². The summed E-state index contributed by atoms with van der Waals surface area (Å²) in [5.74, 6) is 1.01. The Morgan fingerprint density at radius 1 is 1.37 bits per heavy atom. The molecule has 3 rings (SSSR count). The molecule has 0 saturated carbocycles. The quantitative estimate of drug-likeness (QED) is 0.333. The van der Waals surface area contributed by atoms with Crippen molar-refractivity contribution in [1.82, 2.24) is 14.5 Å². The Morgan fingerprint density at radius 2 is 2.13 bits per heavy atom. The second kappa shape index (κ2) is 9.92. The minimum absolute atomic E-state index is 0.320. The van der Waals surface area contributed by atoms with Gasteiger partial charge in [0.05, 0.1) is 17.9 Å². The monoisotopic (exact) mass is 439 g/mol. The summed E-state index contributed by atoms with van der Waals surface area (Å²) in [7, 11) is 0. The molecular weight excluding hydrogens is 410 g/mol. The van der Waals surface area contributed by atoms with Crippen LogP contribution in [0.25, 0.3) is 11.0 Å². The number of fused-ring (bicyclic) bond motifs is 1. The number of nitrogens with two attached hydrogens (primary N) is 1. The summed E-state index contributed by atoms with van der Waals surface area (Å²) in [5, 5.41) is 33.1. The molecule has 1 fully saturated rings. The zero-order chi connectivity index (χ0) is 21.8. The van der Waals surface area contributed by atoms with E-state index in [-0.39, 0.29) is 0 Å². The Labute approximate surface area is 178 Å². The summed E-state index contributed by atoms with van der Waals surface area (Å²) in [5.41, 5.74) is 6.91. The molecule has 6 N–H and O–H groups in total. The summed E-state index contributed by atoms with van der Waals surface area (Å²) in [6.45, 7) is 4.96. The highest BCUT2D eigenvalue weighted by molar-refractivity contribution is 7.99. The number of carboxylic acid groups (broad SMARTS) is 1. The molecule has 5 unspecified atom stereocenters. The van der Waals surface area contributed by atoms with Crippen LogP contribution < -0.4 is 11.1 Å². The molecule has 10 nitrogen and oxygen atoms in total. The first-order valence-corrected chi connectivity index (χ1v) is 11.1. The maximum atomic E-state index is 10.8. The van der Waals surface area contributed by atoms with Gasteiger partial charge in [-0.15, -0.1) is 0 Å². The number of hydrogen-bond donors (Lipinski definition) is 5. The number of carboxylic acids is 1. The van der Waals surface area contributed by atoms with Crippen molar-refractivity contribution >= 4 is 34.6 Å². The van der Waals surface area contributed by atoms with E-state index in [4.69, 9.17) is 15.6 Å². The summed E-state index contributed by atoms with van der Waals surface area (Å²) >= 11 is 1.43. The predicted molar refractivity (Wildman–Crippen MR) is 114 cm³/mol. The second-order valence-electron chi connectivity index (χ2n) is 7.81. The molecule has 0 bridgehead atoms. The van der Waals surface area contributed by atoms with E-state index >= 15 is 0 Å². The molecule has 0 amide bonds. The zero-order valence-corrected chi connectivity index (χ0v) is 17.8. The third kappa shape index (κ3) is 5.03. The number of hydrogen-bond acceptors (Lipinski definition) is 9. The average Bonchev–Trinajstić information content (AvgIpc) is 3.25. The number of nitrogens with zero attached hydrogens (tertiary/aromatic N) is 3. The maximum absolute atomic E-state index is 10.8. The van der Waals surface area contributed by atoms with E-state index in [0.717, 1.165) is 12.1 Å². The van der Waals surface area contributed by atoms with Gasteiger partial charge in [-0.2, -0.15) is 11.8 Å². The van der Waals surface area contributed by atoms with Gasteiger partial charge in [-0.1, -0.05) is 13.8 Å². The Bertz CT molecular complexity index is 863. The lowest BCUT2D eigenvalue weighted by atomic mass is 10.1. The second-order valence-corrected chi connectivity index (χ2v) is 8.96. The molecule has 0 radical (unpaired) electrons. The fraction of sp³-hybridized carbons (Fsp3) is 0.632. The molecule has 3 heterocycles. The smallest absolute Gasteiger partial charge is 0.320 e. The molecule has 0 aliphatic carbocycles. The zero-order valence-electron chi connectivity index (χ0n) is 17.0. The van der Waals surface area contributed by atoms with Gasteiger partial charge in [-0.05, 0) is 24.2 Å². The Kier molecular flexibility index (Phi) is 7.53. The lowest BCUT2D eigenvalue weighted by Crippen LogP contribution is -2.33. The number of aliphatic hydroxyl groups excluding tert-OH is 2. The number of pyridine rings is 1. The Balaban J connectivity index is 1.67. The average molecular weight is 440 g/mol. The van der Waals surface area contributed by atoms with E-state index in [0.29, 0.717) is 35.2 Å². The van der Waals surface area contributed by atoms with Crippen molar-refractivity contribution in [2.24, 2.45) is 11.7 Å². The topological polar surface area (TPSA) is 156 Å². The van der Waals surface area contributed by atoms with Gasteiger partial charge in [0, 0.05) is 18.5 Å². The maximum Gasteiger partial charge on any atom is 0.320 e. The predicted octanol–water partition coefficient (Wildman–Crippen LogP) is 0.654. The van der Waals surface area contributed by atoms with E-state index in [2.05, 4.69) is 29.1 Å². The van der Waals surface area contributed by atoms with Gasteiger partial charge in [-0.3, -0.25) is 4.79 Å². The van der Waals surface area contributed by atoms with E-state index < -0.39 is 36.6 Å². The Hall–Kier alpha value is -1.92. The Morgan fingerprint density at radius 3 is 2.83 bits per heavy atom. The number of rotatable bonds is 10. The molecule has 0 aromatic carbocycles. The summed E-state index contributed by atoms with van der Waals surface area (Å²) in [6, 6.07) is 0.885. The number of aliphatic carboxylic acids is 1. The normalized spacial score (nSPS) is 25.1. The van der Waals surface area contributed by atoms with Crippen molar-refractivity contribution < 1.29 is 24.9 Å². The largest absolute Gasteiger partial charge is 0.480 e. The molecule has 1 aliphatic heterocycles. The van der Waals surface area contributed by atoms with Crippen LogP contribution in [0.1, 0.15) is 26.5 Å². The van der Waals surface area contributed by atoms with Crippen molar-refractivity contribution in [2.45, 2.75) is 50.8 Å². The van der Waals surface area contributed by atoms with Gasteiger partial charge in [0.2, 0.25) is 0 Å². The number of aromatic nitrogens is 3. The standard InChI is InChI=1S/C19H29N5O5S/c1-10(2)7-22-17-14-12(3-5-21-17)24(9-23-14)18-16(26)15(25)13(29-18)8-30-6-4-11(20)19(27)28/h3,5,9-11,13,15-16,18,25-26H,4,6-8,20H2,1-2H3,(H,21,22)(H,27,28). The molecule has 5 atom stereocenters. The van der Waals surface area contributed by atoms with Gasteiger partial charge in [-0.25, -0.2) is 9.97 Å². The molecule has 2 aromatic rings. The number of anilines is 1. The van der Waals surface area contributed by atoms with Crippen molar-refractivity contribution in [2.75, 3.05) is 23.4 Å². The van der Waals surface area contributed by atoms with Gasteiger partial charge in [0.1, 0.15) is 23.8 Å². The minimum Gasteiger partial charge on any atom is -0.480 e. The summed E-state index contributed by atoms with van der Waals surface area (Å²) in [4.78, 5) is 19.6. The number of ether oxygens (including phenoxy) is 1. The van der Waals surface area contributed by atoms with Crippen LogP contribution in [0.2, 0.25) is 0 Å². The summed E-state index contributed by atoms with van der Waals surface area (Å²) < 4.78 is 7.65. The number of aliphatic hydroxyl groups is 2. The minimum atomic E-state index is -1.12. The van der Waals surface area contributed by atoms with Crippen molar-refractivity contribution in [1.29, 1.82) is 0 Å². The third-order valence-electron chi connectivity index (χ3n) is 4.95. The van der Waals surface area contributed by atoms with Gasteiger partial charge < -0.3 is 35.7 Å². The molecule has 30 heavy (non-hydrogen) atoms. The van der Waals surface area contributed by atoms with Crippen LogP contribution in [0.4, 0.5) is 5.82 Å². The van der Waals surface area contributed by atoms with Gasteiger partial charge >= 0.3 is 5.97 Å². The highest BCUT2D eigenvalue weighted by atomic mass is 32.2. The summed E-state index contributed by atoms with van der Waals surface area (Å²) in [6.07, 6.45) is 0.0173. The SMILES string of the molecule is CC(C)CNc1nccc2c1ncn2C1OC(CSCCC(N)C(=O)O)C(O)C1O. The molecule has 2 aromatic heterocycles. The molecular formula is C19H29N5O5S. The van der Waals surface area contributed by atoms with Crippen LogP contribution in [0.5, 0.6) is 0 Å². The van der Waals surface area contributed by atoms with E-state index in [1.165, 1.54) is 11.8 Å². The molecule has 1 aliphatic rings. The fourth-order valence-corrected chi connectivity index (χ4v) is 4.32. The number of carbonyl (C=O) groups is 1. The van der Waals surface area contributed by atoms with Crippen LogP contribution in [0, 0.1) is 5.92 Å². The number of thioether (sulfide) groups is 1. The first-order valence-electron chi connectivity index (χ1n) is 9.92. The van der Waals surface area contributed by atoms with E-state index in [1.54, 1.807) is 23.2 Å². The van der Waals surface area contributed by atoms with Crippen molar-refractivity contribution in [3.63, 3.8) is 0 Å². The number of imidazole rings is 1. The highest BCUT2D eigenvalue weighted by Gasteiger charge is 2.43. The van der Waals surface area contributed by atoms with E-state index in [9.17, 15) is 15.0 Å². The van der Waals surface area contributed by atoms with Crippen LogP contribution in [0.3, 0.4) is 0 Å². The lowest BCUT2D eigenvalue weighted by molar-refractivity contribution is -0.138. The van der Waals surface area contributed by atoms with Crippen LogP contribution in [0.15, 0.2) is 18.6 Å². The fourth-order valence-electron chi connectivity index (χ4n) is 3.22. The molecule has 166 valence electrons. The number of nitrogens with one attached hydrogen (secondary N) is 1. The van der Waals surface area contributed by atoms with Crippen LogP contribution in [-0.4, -0.2) is 78.2 Å².